The molecule has 4 rings (SSSR count). The maximum Gasteiger partial charge on any atom is 0.264 e. The average Bonchev–Trinajstić information content (AvgIpc) is 3.24. The number of nitrogens with zero attached hydrogens (tertiary/aromatic N) is 4. The van der Waals surface area contributed by atoms with Crippen molar-refractivity contribution in [3.05, 3.63) is 65.1 Å². The fourth-order valence-electron chi connectivity index (χ4n) is 3.37. The number of carbonyl (C=O) groups excluding carboxylic acids is 1. The minimum atomic E-state index is -3.87. The first-order valence-corrected chi connectivity index (χ1v) is 12.6. The molecule has 0 saturated heterocycles. The number of nitrogens with one attached hydrogen (secondary N) is 2. The number of carbonyl (C=O) groups is 1. The van der Waals surface area contributed by atoms with E-state index in [0.29, 0.717) is 22.0 Å². The first kappa shape index (κ1) is 22.7. The number of thioether (sulfide) groups is 1. The van der Waals surface area contributed by atoms with Gasteiger partial charge in [0, 0.05) is 23.3 Å². The lowest BCUT2D eigenvalue weighted by molar-refractivity contribution is -0.113. The third-order valence-corrected chi connectivity index (χ3v) is 7.28. The highest BCUT2D eigenvalue weighted by Gasteiger charge is 2.18. The predicted molar refractivity (Wildman–Crippen MR) is 124 cm³/mol. The topological polar surface area (TPSA) is 138 Å². The Bertz CT molecular complexity index is 1350. The second-order valence-electron chi connectivity index (χ2n) is 7.40. The van der Waals surface area contributed by atoms with Gasteiger partial charge in [-0.05, 0) is 68.1 Å². The van der Waals surface area contributed by atoms with Gasteiger partial charge in [0.2, 0.25) is 11.9 Å². The molecule has 1 aromatic carbocycles. The Hall–Kier alpha value is -3.49. The van der Waals surface area contributed by atoms with Crippen molar-refractivity contribution in [3.63, 3.8) is 0 Å². The molecule has 0 unspecified atom stereocenters. The molecule has 0 saturated carbocycles. The standard InChI is InChI=1S/C22H20N6O3S2/c1-14-9-10-24-22(25-14)28-33(30,31)18-7-5-17(6-8-18)26-20(29)13-32-21-16(12-23)11-15-3-2-4-19(15)27-21/h5-11H,2-4,13H2,1H3,(H,26,29)(H,24,25,28). The molecule has 2 aromatic heterocycles. The third-order valence-electron chi connectivity index (χ3n) is 4.95. The zero-order valence-electron chi connectivity index (χ0n) is 17.7. The number of nitriles is 1. The summed E-state index contributed by atoms with van der Waals surface area (Å²) in [5, 5.41) is 12.7. The van der Waals surface area contributed by atoms with Crippen LogP contribution >= 0.6 is 11.8 Å². The molecule has 3 aromatic rings. The van der Waals surface area contributed by atoms with Crippen LogP contribution in [0.3, 0.4) is 0 Å². The van der Waals surface area contributed by atoms with Crippen molar-refractivity contribution in [2.24, 2.45) is 0 Å². The van der Waals surface area contributed by atoms with E-state index < -0.39 is 10.0 Å². The second kappa shape index (κ2) is 9.56. The van der Waals surface area contributed by atoms with Gasteiger partial charge >= 0.3 is 0 Å². The van der Waals surface area contributed by atoms with E-state index in [0.717, 1.165) is 30.5 Å². The summed E-state index contributed by atoms with van der Waals surface area (Å²) in [7, 11) is -3.87. The van der Waals surface area contributed by atoms with E-state index >= 15 is 0 Å². The van der Waals surface area contributed by atoms with Crippen molar-refractivity contribution < 1.29 is 13.2 Å². The van der Waals surface area contributed by atoms with Crippen LogP contribution in [0.25, 0.3) is 0 Å². The molecule has 33 heavy (non-hydrogen) atoms. The third kappa shape index (κ3) is 5.47. The van der Waals surface area contributed by atoms with Gasteiger partial charge in [0.25, 0.3) is 10.0 Å². The van der Waals surface area contributed by atoms with Crippen LogP contribution in [0.5, 0.6) is 0 Å². The van der Waals surface area contributed by atoms with Crippen molar-refractivity contribution in [3.8, 4) is 6.07 Å². The van der Waals surface area contributed by atoms with Crippen molar-refractivity contribution in [1.82, 2.24) is 15.0 Å². The van der Waals surface area contributed by atoms with Gasteiger partial charge in [-0.25, -0.2) is 28.1 Å². The van der Waals surface area contributed by atoms with Crippen LogP contribution in [0.4, 0.5) is 11.6 Å². The Kier molecular flexibility index (Phi) is 6.57. The molecule has 11 heteroatoms. The number of benzene rings is 1. The molecular formula is C22H20N6O3S2. The van der Waals surface area contributed by atoms with Gasteiger partial charge in [-0.15, -0.1) is 0 Å². The van der Waals surface area contributed by atoms with Crippen molar-refractivity contribution >= 4 is 39.3 Å². The number of amides is 1. The van der Waals surface area contributed by atoms with Crippen molar-refractivity contribution in [2.75, 3.05) is 15.8 Å². The number of rotatable bonds is 7. The molecule has 0 fully saturated rings. The van der Waals surface area contributed by atoms with Gasteiger partial charge in [0.05, 0.1) is 16.2 Å². The molecule has 2 N–H and O–H groups in total. The average molecular weight is 481 g/mol. The molecule has 2 heterocycles. The fraction of sp³-hybridized carbons (Fsp3) is 0.227. The normalized spacial score (nSPS) is 12.6. The second-order valence-corrected chi connectivity index (χ2v) is 10.0. The first-order valence-electron chi connectivity index (χ1n) is 10.1. The fourth-order valence-corrected chi connectivity index (χ4v) is 5.09. The zero-order chi connectivity index (χ0) is 23.4. The Morgan fingerprint density at radius 1 is 1.18 bits per heavy atom. The summed E-state index contributed by atoms with van der Waals surface area (Å²) in [6.45, 7) is 1.73. The van der Waals surface area contributed by atoms with E-state index in [1.807, 2.05) is 6.07 Å². The highest BCUT2D eigenvalue weighted by atomic mass is 32.2. The number of aryl methyl sites for hydroxylation is 3. The molecule has 1 amide bonds. The quantitative estimate of drug-likeness (QED) is 0.492. The van der Waals surface area contributed by atoms with E-state index in [-0.39, 0.29) is 22.5 Å². The minimum Gasteiger partial charge on any atom is -0.325 e. The van der Waals surface area contributed by atoms with Gasteiger partial charge in [-0.3, -0.25) is 4.79 Å². The van der Waals surface area contributed by atoms with E-state index in [9.17, 15) is 18.5 Å². The van der Waals surface area contributed by atoms with E-state index in [2.05, 4.69) is 31.1 Å². The number of anilines is 2. The van der Waals surface area contributed by atoms with E-state index in [1.54, 1.807) is 13.0 Å². The molecule has 0 radical (unpaired) electrons. The Morgan fingerprint density at radius 3 is 2.70 bits per heavy atom. The molecule has 0 spiro atoms. The lowest BCUT2D eigenvalue weighted by Crippen LogP contribution is -2.16. The predicted octanol–water partition coefficient (Wildman–Crippen LogP) is 3.07. The Balaban J connectivity index is 1.37. The number of aromatic nitrogens is 3. The van der Waals surface area contributed by atoms with Crippen LogP contribution in [0.15, 0.2) is 52.5 Å². The molecular weight excluding hydrogens is 460 g/mol. The number of pyridine rings is 1. The van der Waals surface area contributed by atoms with Gasteiger partial charge < -0.3 is 5.32 Å². The van der Waals surface area contributed by atoms with Gasteiger partial charge in [-0.1, -0.05) is 11.8 Å². The maximum atomic E-state index is 12.5. The zero-order valence-corrected chi connectivity index (χ0v) is 19.3. The van der Waals surface area contributed by atoms with Crippen molar-refractivity contribution in [2.45, 2.75) is 36.1 Å². The number of fused-ring (bicyclic) bond motifs is 1. The van der Waals surface area contributed by atoms with Crippen LogP contribution in [-0.4, -0.2) is 35.0 Å². The van der Waals surface area contributed by atoms with Crippen molar-refractivity contribution in [1.29, 1.82) is 5.26 Å². The summed E-state index contributed by atoms with van der Waals surface area (Å²) in [6.07, 6.45) is 4.32. The molecule has 9 nitrogen and oxygen atoms in total. The summed E-state index contributed by atoms with van der Waals surface area (Å²) in [6, 6.07) is 11.5. The summed E-state index contributed by atoms with van der Waals surface area (Å²) in [5.74, 6) is -0.221. The molecule has 1 aliphatic carbocycles. The van der Waals surface area contributed by atoms with E-state index in [4.69, 9.17) is 0 Å². The molecule has 0 aliphatic heterocycles. The van der Waals surface area contributed by atoms with Crippen LogP contribution in [-0.2, 0) is 27.7 Å². The number of hydrogen-bond acceptors (Lipinski definition) is 8. The van der Waals surface area contributed by atoms with Gasteiger partial charge in [-0.2, -0.15) is 5.26 Å². The summed E-state index contributed by atoms with van der Waals surface area (Å²) >= 11 is 1.21. The monoisotopic (exact) mass is 480 g/mol. The highest BCUT2D eigenvalue weighted by Crippen LogP contribution is 2.28. The van der Waals surface area contributed by atoms with Crippen LogP contribution < -0.4 is 10.0 Å². The molecule has 0 atom stereocenters. The Morgan fingerprint density at radius 2 is 1.97 bits per heavy atom. The SMILES string of the molecule is Cc1ccnc(NS(=O)(=O)c2ccc(NC(=O)CSc3nc4c(cc3C#N)CCC4)cc2)n1. The minimum absolute atomic E-state index is 0.0127. The lowest BCUT2D eigenvalue weighted by Gasteiger charge is -2.09. The van der Waals surface area contributed by atoms with Crippen LogP contribution in [0.2, 0.25) is 0 Å². The summed E-state index contributed by atoms with van der Waals surface area (Å²) in [4.78, 5) is 24.9. The van der Waals surface area contributed by atoms with Crippen LogP contribution in [0, 0.1) is 18.3 Å². The smallest absolute Gasteiger partial charge is 0.264 e. The lowest BCUT2D eigenvalue weighted by atomic mass is 10.2. The molecule has 1 aliphatic rings. The number of sulfonamides is 1. The maximum absolute atomic E-state index is 12.5. The first-order chi connectivity index (χ1) is 15.8. The molecule has 0 bridgehead atoms. The highest BCUT2D eigenvalue weighted by molar-refractivity contribution is 8.00. The largest absolute Gasteiger partial charge is 0.325 e. The number of hydrogen-bond donors (Lipinski definition) is 2. The van der Waals surface area contributed by atoms with Gasteiger partial charge in [0.15, 0.2) is 0 Å². The summed E-state index contributed by atoms with van der Waals surface area (Å²) < 4.78 is 27.4. The summed E-state index contributed by atoms with van der Waals surface area (Å²) in [5.41, 5.74) is 3.68. The molecule has 168 valence electrons. The van der Waals surface area contributed by atoms with Crippen LogP contribution in [0.1, 0.15) is 28.9 Å². The Labute approximate surface area is 195 Å². The van der Waals surface area contributed by atoms with Gasteiger partial charge in [0.1, 0.15) is 11.1 Å². The van der Waals surface area contributed by atoms with E-state index in [1.165, 1.54) is 42.2 Å².